The Hall–Kier alpha value is -2.69. The van der Waals surface area contributed by atoms with Gasteiger partial charge in [-0.15, -0.1) is 0 Å². The fraction of sp³-hybridized carbons (Fsp3) is 0.286. The molecule has 0 saturated carbocycles. The maximum absolute atomic E-state index is 9.72. The largest absolute Gasteiger partial charge is 0.481 e. The molecule has 0 saturated heterocycles. The lowest BCUT2D eigenvalue weighted by atomic mass is 10.3. The zero-order valence-electron chi connectivity index (χ0n) is 9.02. The molecule has 0 fully saturated rings. The van der Waals surface area contributed by atoms with Crippen molar-refractivity contribution in [2.24, 2.45) is 0 Å². The Morgan fingerprint density at radius 3 is 1.50 bits per heavy atom. The maximum Gasteiger partial charge on any atom is 0.333 e. The van der Waals surface area contributed by atoms with Gasteiger partial charge in [-0.1, -0.05) is 0 Å². The zero-order chi connectivity index (χ0) is 14.3. The number of carboxylic acids is 2. The fourth-order valence-corrected chi connectivity index (χ4v) is 0.680. The van der Waals surface area contributed by atoms with Crippen LogP contribution in [-0.2, 0) is 9.59 Å². The van der Waals surface area contributed by atoms with Crippen LogP contribution in [0.15, 0.2) is 0 Å². The molecule has 0 aliphatic rings. The van der Waals surface area contributed by atoms with E-state index >= 15 is 0 Å². The first kappa shape index (κ1) is 15.3. The van der Waals surface area contributed by atoms with Crippen molar-refractivity contribution in [2.45, 2.75) is 12.5 Å². The summed E-state index contributed by atoms with van der Waals surface area (Å²) in [6.07, 6.45) is -2.54. The van der Waals surface area contributed by atoms with Gasteiger partial charge in [-0.3, -0.25) is 4.79 Å². The number of nitrogens with two attached hydrogens (primary N) is 3. The van der Waals surface area contributed by atoms with E-state index in [4.69, 9.17) is 32.5 Å². The van der Waals surface area contributed by atoms with Gasteiger partial charge in [-0.2, -0.15) is 15.0 Å². The predicted molar refractivity (Wildman–Crippen MR) is 59.0 cm³/mol. The summed E-state index contributed by atoms with van der Waals surface area (Å²) in [4.78, 5) is 29.9. The number of hydrogen-bond donors (Lipinski definition) is 6. The molecular formula is C7H12N6O5. The van der Waals surface area contributed by atoms with Crippen LogP contribution < -0.4 is 17.2 Å². The normalized spacial score (nSPS) is 10.9. The molecule has 100 valence electrons. The van der Waals surface area contributed by atoms with Crippen LogP contribution in [0.3, 0.4) is 0 Å². The summed E-state index contributed by atoms with van der Waals surface area (Å²) < 4.78 is 0. The second-order valence-corrected chi connectivity index (χ2v) is 2.86. The molecule has 1 aromatic rings. The Bertz CT molecular complexity index is 388. The second-order valence-electron chi connectivity index (χ2n) is 2.86. The Morgan fingerprint density at radius 1 is 1.00 bits per heavy atom. The van der Waals surface area contributed by atoms with Crippen LogP contribution in [0.4, 0.5) is 17.8 Å². The monoisotopic (exact) mass is 260 g/mol. The van der Waals surface area contributed by atoms with Crippen LogP contribution in [-0.4, -0.2) is 48.3 Å². The minimum atomic E-state index is -1.79. The molecule has 0 aliphatic heterocycles. The van der Waals surface area contributed by atoms with Gasteiger partial charge >= 0.3 is 11.9 Å². The molecule has 9 N–H and O–H groups in total. The predicted octanol–water partition coefficient (Wildman–Crippen LogP) is -2.48. The average molecular weight is 260 g/mol. The van der Waals surface area contributed by atoms with Crippen molar-refractivity contribution in [1.82, 2.24) is 15.0 Å². The number of rotatable bonds is 3. The summed E-state index contributed by atoms with van der Waals surface area (Å²) in [6.45, 7) is 0. The molecule has 0 aliphatic carbocycles. The van der Waals surface area contributed by atoms with Crippen LogP contribution in [0.2, 0.25) is 0 Å². The van der Waals surface area contributed by atoms with E-state index in [1.165, 1.54) is 0 Å². The van der Waals surface area contributed by atoms with Gasteiger partial charge in [0.2, 0.25) is 17.8 Å². The van der Waals surface area contributed by atoms with E-state index in [2.05, 4.69) is 15.0 Å². The van der Waals surface area contributed by atoms with Gasteiger partial charge in [0.1, 0.15) is 0 Å². The molecule has 0 spiro atoms. The Labute approximate surface area is 100 Å². The number of aliphatic hydroxyl groups excluding tert-OH is 1. The molecule has 1 atom stereocenters. The lowest BCUT2D eigenvalue weighted by molar-refractivity contribution is -0.152. The number of carboxylic acid groups (broad SMARTS) is 2. The van der Waals surface area contributed by atoms with E-state index in [9.17, 15) is 9.59 Å². The van der Waals surface area contributed by atoms with Crippen LogP contribution in [0, 0.1) is 0 Å². The molecule has 0 bridgehead atoms. The highest BCUT2D eigenvalue weighted by Gasteiger charge is 2.16. The van der Waals surface area contributed by atoms with Crippen molar-refractivity contribution in [1.29, 1.82) is 0 Å². The van der Waals surface area contributed by atoms with E-state index < -0.39 is 24.5 Å². The molecule has 11 nitrogen and oxygen atoms in total. The first-order valence-corrected chi connectivity index (χ1v) is 4.37. The summed E-state index contributed by atoms with van der Waals surface area (Å²) in [5, 5.41) is 24.1. The van der Waals surface area contributed by atoms with Gasteiger partial charge in [0.25, 0.3) is 0 Å². The number of nitrogen functional groups attached to an aromatic ring is 3. The van der Waals surface area contributed by atoms with Crippen molar-refractivity contribution in [2.75, 3.05) is 17.2 Å². The minimum absolute atomic E-state index is 0.0417. The lowest BCUT2D eigenvalue weighted by Crippen LogP contribution is -2.22. The number of carbonyl (C=O) groups is 2. The zero-order valence-corrected chi connectivity index (χ0v) is 9.02. The fourth-order valence-electron chi connectivity index (χ4n) is 0.680. The number of aliphatic carboxylic acids is 2. The highest BCUT2D eigenvalue weighted by molar-refractivity contribution is 5.79. The molecule has 1 unspecified atom stereocenters. The third kappa shape index (κ3) is 6.73. The van der Waals surface area contributed by atoms with E-state index in [1.807, 2.05) is 0 Å². The standard InChI is InChI=1S/C4H6O5.C3H6N6/c5-2(4(8)9)1-3(6)7;4-1-7-2(5)9-3(6)8-1/h2,5H,1H2,(H,6,7)(H,8,9);(H6,4,5,6,7,8,9). The van der Waals surface area contributed by atoms with Gasteiger partial charge in [0.05, 0.1) is 6.42 Å². The van der Waals surface area contributed by atoms with Crippen LogP contribution in [0.1, 0.15) is 6.42 Å². The Kier molecular flexibility index (Phi) is 5.78. The summed E-state index contributed by atoms with van der Waals surface area (Å²) in [5.41, 5.74) is 15.4. The molecule has 1 aromatic heterocycles. The van der Waals surface area contributed by atoms with Crippen LogP contribution in [0.5, 0.6) is 0 Å². The SMILES string of the molecule is Nc1nc(N)nc(N)n1.O=C(O)CC(O)C(=O)O. The summed E-state index contributed by atoms with van der Waals surface area (Å²) in [5.74, 6) is -2.72. The summed E-state index contributed by atoms with van der Waals surface area (Å²) in [7, 11) is 0. The lowest BCUT2D eigenvalue weighted by Gasteiger charge is -1.97. The molecule has 0 amide bonds. The van der Waals surface area contributed by atoms with E-state index in [1.54, 1.807) is 0 Å². The van der Waals surface area contributed by atoms with E-state index in [0.29, 0.717) is 0 Å². The number of aliphatic hydroxyl groups is 1. The van der Waals surface area contributed by atoms with E-state index in [-0.39, 0.29) is 17.8 Å². The van der Waals surface area contributed by atoms with Crippen LogP contribution in [0.25, 0.3) is 0 Å². The third-order valence-corrected chi connectivity index (χ3v) is 1.34. The Balaban J connectivity index is 0.000000321. The molecule has 0 radical (unpaired) electrons. The van der Waals surface area contributed by atoms with Gasteiger partial charge < -0.3 is 32.5 Å². The first-order valence-electron chi connectivity index (χ1n) is 4.37. The summed E-state index contributed by atoms with van der Waals surface area (Å²) in [6, 6.07) is 0. The molecule has 1 rings (SSSR count). The van der Waals surface area contributed by atoms with Gasteiger partial charge in [-0.05, 0) is 0 Å². The first-order chi connectivity index (χ1) is 8.22. The average Bonchev–Trinajstić information content (AvgIpc) is 2.14. The topological polar surface area (TPSA) is 212 Å². The number of nitrogens with zero attached hydrogens (tertiary/aromatic N) is 3. The van der Waals surface area contributed by atoms with Crippen molar-refractivity contribution >= 4 is 29.8 Å². The minimum Gasteiger partial charge on any atom is -0.481 e. The highest BCUT2D eigenvalue weighted by atomic mass is 16.4. The van der Waals surface area contributed by atoms with Crippen molar-refractivity contribution < 1.29 is 24.9 Å². The van der Waals surface area contributed by atoms with Crippen molar-refractivity contribution in [3.63, 3.8) is 0 Å². The molecule has 0 aromatic carbocycles. The van der Waals surface area contributed by atoms with E-state index in [0.717, 1.165) is 0 Å². The molecule has 1 heterocycles. The Morgan fingerprint density at radius 2 is 1.33 bits per heavy atom. The number of aromatic nitrogens is 3. The highest BCUT2D eigenvalue weighted by Crippen LogP contribution is 1.97. The van der Waals surface area contributed by atoms with Gasteiger partial charge in [0.15, 0.2) is 6.10 Å². The van der Waals surface area contributed by atoms with Crippen molar-refractivity contribution in [3.05, 3.63) is 0 Å². The quantitative estimate of drug-likeness (QED) is 0.334. The maximum atomic E-state index is 9.72. The second kappa shape index (κ2) is 6.80. The van der Waals surface area contributed by atoms with Gasteiger partial charge in [-0.25, -0.2) is 4.79 Å². The summed E-state index contributed by atoms with van der Waals surface area (Å²) >= 11 is 0. The molecular weight excluding hydrogens is 248 g/mol. The van der Waals surface area contributed by atoms with Crippen molar-refractivity contribution in [3.8, 4) is 0 Å². The smallest absolute Gasteiger partial charge is 0.333 e. The third-order valence-electron chi connectivity index (χ3n) is 1.34. The van der Waals surface area contributed by atoms with Crippen LogP contribution >= 0.6 is 0 Å². The number of hydrogen-bond acceptors (Lipinski definition) is 9. The number of anilines is 3. The van der Waals surface area contributed by atoms with Gasteiger partial charge in [0, 0.05) is 0 Å². The molecule has 18 heavy (non-hydrogen) atoms. The molecule has 11 heteroatoms.